The summed E-state index contributed by atoms with van der Waals surface area (Å²) in [5, 5.41) is 2.90. The molecule has 13 heavy (non-hydrogen) atoms. The molecule has 0 aliphatic heterocycles. The minimum absolute atomic E-state index is 0.680. The molecule has 0 bridgehead atoms. The van der Waals surface area contributed by atoms with Crippen LogP contribution in [0.25, 0.3) is 0 Å². The van der Waals surface area contributed by atoms with Crippen LogP contribution in [-0.4, -0.2) is 6.34 Å². The van der Waals surface area contributed by atoms with E-state index in [1.165, 1.54) is 0 Å². The summed E-state index contributed by atoms with van der Waals surface area (Å²) in [5.74, 6) is 1.36. The molecule has 0 fully saturated rings. The van der Waals surface area contributed by atoms with E-state index in [0.29, 0.717) is 11.8 Å². The van der Waals surface area contributed by atoms with Gasteiger partial charge in [0.25, 0.3) is 11.8 Å². The lowest BCUT2D eigenvalue weighted by molar-refractivity contribution is -0.367. The molecule has 0 spiro atoms. The molecule has 0 saturated heterocycles. The van der Waals surface area contributed by atoms with Gasteiger partial charge in [0.05, 0.1) is 12.5 Å². The van der Waals surface area contributed by atoms with E-state index in [1.807, 2.05) is 24.3 Å². The Labute approximate surface area is 74.9 Å². The zero-order chi connectivity index (χ0) is 8.93. The Morgan fingerprint density at radius 1 is 1.15 bits per heavy atom. The first-order chi connectivity index (χ1) is 6.45. The molecule has 0 atom stereocenters. The third kappa shape index (κ3) is 1.99. The van der Waals surface area contributed by atoms with Crippen molar-refractivity contribution in [3.05, 3.63) is 36.8 Å². The zero-order valence-corrected chi connectivity index (χ0v) is 6.86. The minimum atomic E-state index is 0.680. The van der Waals surface area contributed by atoms with Gasteiger partial charge in [-0.05, 0) is 12.1 Å². The summed E-state index contributed by atoms with van der Waals surface area (Å²) in [5.41, 5.74) is 0. The molecule has 0 aliphatic rings. The summed E-state index contributed by atoms with van der Waals surface area (Å²) in [6.45, 7) is 0. The summed E-state index contributed by atoms with van der Waals surface area (Å²) in [4.78, 5) is 2.90. The highest BCUT2D eigenvalue weighted by molar-refractivity contribution is 5.68. The molecule has 2 aromatic rings. The highest BCUT2D eigenvalue weighted by atomic mass is 16.3. The van der Waals surface area contributed by atoms with Crippen LogP contribution in [0.2, 0.25) is 0 Å². The van der Waals surface area contributed by atoms with Crippen molar-refractivity contribution in [3.8, 4) is 0 Å². The first-order valence-corrected chi connectivity index (χ1v) is 3.87. The SMILES string of the molecule is C(/Nc1ccco1)=[NH+]\c1ccco1. The van der Waals surface area contributed by atoms with Gasteiger partial charge in [0.1, 0.15) is 0 Å². The van der Waals surface area contributed by atoms with E-state index in [4.69, 9.17) is 8.83 Å². The van der Waals surface area contributed by atoms with Gasteiger partial charge in [-0.1, -0.05) is 0 Å². The van der Waals surface area contributed by atoms with Crippen LogP contribution in [0.3, 0.4) is 0 Å². The maximum atomic E-state index is 5.04. The predicted octanol–water partition coefficient (Wildman–Crippen LogP) is 0.725. The van der Waals surface area contributed by atoms with Crippen LogP contribution >= 0.6 is 0 Å². The van der Waals surface area contributed by atoms with E-state index < -0.39 is 0 Å². The van der Waals surface area contributed by atoms with E-state index in [9.17, 15) is 0 Å². The van der Waals surface area contributed by atoms with Gasteiger partial charge in [-0.15, -0.1) is 0 Å². The second-order valence-electron chi connectivity index (χ2n) is 2.39. The topological polar surface area (TPSA) is 52.3 Å². The van der Waals surface area contributed by atoms with Crippen molar-refractivity contribution in [2.24, 2.45) is 0 Å². The number of hydrogen-bond acceptors (Lipinski definition) is 2. The fourth-order valence-electron chi connectivity index (χ4n) is 0.900. The predicted molar refractivity (Wildman–Crippen MR) is 47.7 cm³/mol. The fraction of sp³-hybridized carbons (Fsp3) is 0. The highest BCUT2D eigenvalue weighted by Gasteiger charge is 1.96. The average molecular weight is 177 g/mol. The molecule has 4 heteroatoms. The van der Waals surface area contributed by atoms with Crippen molar-refractivity contribution in [2.45, 2.75) is 0 Å². The van der Waals surface area contributed by atoms with Crippen LogP contribution < -0.4 is 10.3 Å². The third-order valence-corrected chi connectivity index (χ3v) is 1.47. The molecule has 0 saturated carbocycles. The normalized spacial score (nSPS) is 10.8. The molecule has 0 unspecified atom stereocenters. The van der Waals surface area contributed by atoms with Gasteiger partial charge in [0.15, 0.2) is 0 Å². The molecule has 0 aromatic carbocycles. The Morgan fingerprint density at radius 3 is 2.69 bits per heavy atom. The zero-order valence-electron chi connectivity index (χ0n) is 6.86. The molecule has 4 nitrogen and oxygen atoms in total. The van der Waals surface area contributed by atoms with E-state index in [-0.39, 0.29) is 0 Å². The lowest BCUT2D eigenvalue weighted by Crippen LogP contribution is -2.62. The molecule has 0 amide bonds. The molecule has 2 N–H and O–H groups in total. The Hall–Kier alpha value is -1.97. The third-order valence-electron chi connectivity index (χ3n) is 1.47. The standard InChI is InChI=1S/C9H8N2O2/c1-3-8(12-5-1)10-7-11-9-4-2-6-13-9/h1-7H,(H,10,11)/p+1. The molecular weight excluding hydrogens is 168 g/mol. The van der Waals surface area contributed by atoms with E-state index in [1.54, 1.807) is 18.9 Å². The number of hydrogen-bond donors (Lipinski definition) is 2. The largest absolute Gasteiger partial charge is 0.431 e. The molecule has 66 valence electrons. The van der Waals surface area contributed by atoms with Gasteiger partial charge in [-0.25, -0.2) is 10.3 Å². The van der Waals surface area contributed by atoms with Gasteiger partial charge < -0.3 is 8.83 Å². The number of rotatable bonds is 3. The summed E-state index contributed by atoms with van der Waals surface area (Å²) < 4.78 is 10.1. The molecule has 0 aliphatic carbocycles. The first-order valence-electron chi connectivity index (χ1n) is 3.87. The minimum Gasteiger partial charge on any atom is -0.431 e. The van der Waals surface area contributed by atoms with E-state index in [2.05, 4.69) is 10.3 Å². The van der Waals surface area contributed by atoms with Crippen molar-refractivity contribution in [1.82, 2.24) is 0 Å². The van der Waals surface area contributed by atoms with Crippen LogP contribution in [0, 0.1) is 0 Å². The van der Waals surface area contributed by atoms with Crippen LogP contribution in [-0.2, 0) is 0 Å². The van der Waals surface area contributed by atoms with Gasteiger partial charge >= 0.3 is 0 Å². The van der Waals surface area contributed by atoms with Gasteiger partial charge in [-0.3, -0.25) is 0 Å². The van der Waals surface area contributed by atoms with Crippen molar-refractivity contribution in [1.29, 1.82) is 0 Å². The average Bonchev–Trinajstić information content (AvgIpc) is 2.75. The Morgan fingerprint density at radius 2 is 2.00 bits per heavy atom. The summed E-state index contributed by atoms with van der Waals surface area (Å²) in [6, 6.07) is 7.26. The van der Waals surface area contributed by atoms with Crippen LogP contribution in [0.5, 0.6) is 0 Å². The lowest BCUT2D eigenvalue weighted by Gasteiger charge is -1.83. The maximum absolute atomic E-state index is 5.04. The number of nitrogens with one attached hydrogen (secondary N) is 2. The van der Waals surface area contributed by atoms with Crippen molar-refractivity contribution >= 4 is 18.1 Å². The van der Waals surface area contributed by atoms with Gasteiger partial charge in [0, 0.05) is 12.1 Å². The van der Waals surface area contributed by atoms with Crippen LogP contribution in [0.15, 0.2) is 45.6 Å². The molecular formula is C9H9N2O2+. The van der Waals surface area contributed by atoms with Crippen molar-refractivity contribution < 1.29 is 13.8 Å². The highest BCUT2D eigenvalue weighted by Crippen LogP contribution is 2.03. The van der Waals surface area contributed by atoms with Crippen LogP contribution in [0.1, 0.15) is 0 Å². The second kappa shape index (κ2) is 3.62. The molecule has 0 radical (unpaired) electrons. The smallest absolute Gasteiger partial charge is 0.286 e. The quantitative estimate of drug-likeness (QED) is 0.536. The Bertz CT molecular complexity index is 362. The monoisotopic (exact) mass is 177 g/mol. The maximum Gasteiger partial charge on any atom is 0.286 e. The molecule has 2 aromatic heterocycles. The van der Waals surface area contributed by atoms with Crippen molar-refractivity contribution in [2.75, 3.05) is 5.32 Å². The Kier molecular flexibility index (Phi) is 2.14. The fourth-order valence-corrected chi connectivity index (χ4v) is 0.900. The second-order valence-corrected chi connectivity index (χ2v) is 2.39. The Balaban J connectivity index is 1.93. The molecule has 2 rings (SSSR count). The van der Waals surface area contributed by atoms with E-state index >= 15 is 0 Å². The summed E-state index contributed by atoms with van der Waals surface area (Å²) in [7, 11) is 0. The van der Waals surface area contributed by atoms with Crippen LogP contribution in [0.4, 0.5) is 11.8 Å². The van der Waals surface area contributed by atoms with Gasteiger partial charge in [0.2, 0.25) is 6.34 Å². The van der Waals surface area contributed by atoms with Gasteiger partial charge in [-0.2, -0.15) is 0 Å². The summed E-state index contributed by atoms with van der Waals surface area (Å²) >= 11 is 0. The first kappa shape index (κ1) is 7.67. The molecule has 2 heterocycles. The van der Waals surface area contributed by atoms with E-state index in [0.717, 1.165) is 0 Å². The number of furan rings is 2. The number of anilines is 1. The van der Waals surface area contributed by atoms with Crippen molar-refractivity contribution in [3.63, 3.8) is 0 Å². The summed E-state index contributed by atoms with van der Waals surface area (Å²) in [6.07, 6.45) is 4.84. The lowest BCUT2D eigenvalue weighted by atomic mass is 10.6.